The van der Waals surface area contributed by atoms with Crippen LogP contribution in [0.25, 0.3) is 4.96 Å². The number of nitrogens with zero attached hydrogens (tertiary/aromatic N) is 4. The van der Waals surface area contributed by atoms with Crippen LogP contribution in [-0.2, 0) is 4.79 Å². The van der Waals surface area contributed by atoms with Crippen molar-refractivity contribution in [2.24, 2.45) is 0 Å². The van der Waals surface area contributed by atoms with Crippen LogP contribution in [0.2, 0.25) is 0 Å². The first-order chi connectivity index (χ1) is 13.1. The Balaban J connectivity index is 1.43. The lowest BCUT2D eigenvalue weighted by Crippen LogP contribution is -2.30. The molecule has 1 fully saturated rings. The lowest BCUT2D eigenvalue weighted by atomic mass is 9.89. The smallest absolute Gasteiger partial charge is 0.266 e. The fourth-order valence-electron chi connectivity index (χ4n) is 3.38. The van der Waals surface area contributed by atoms with E-state index in [0.29, 0.717) is 21.8 Å². The molecule has 3 aromatic rings. The Morgan fingerprint density at radius 3 is 2.70 bits per heavy atom. The molecule has 1 amide bonds. The van der Waals surface area contributed by atoms with Gasteiger partial charge in [0.2, 0.25) is 10.1 Å². The van der Waals surface area contributed by atoms with E-state index in [1.165, 1.54) is 30.6 Å². The summed E-state index contributed by atoms with van der Waals surface area (Å²) in [5.74, 6) is 1.74. The van der Waals surface area contributed by atoms with Crippen molar-refractivity contribution in [2.75, 3.05) is 5.32 Å². The monoisotopic (exact) mass is 385 g/mol. The summed E-state index contributed by atoms with van der Waals surface area (Å²) in [6.45, 7) is 3.73. The molecular formula is C19H23N5O2S. The number of rotatable bonds is 5. The first-order valence-corrected chi connectivity index (χ1v) is 10.2. The minimum Gasteiger partial charge on any atom is -0.481 e. The standard InChI is InChI=1S/C19H23N5O2S/c1-12-8-10-15(11-9-12)26-13(2)17(25)20-18-23-24-16(21-22-19(24)27-18)14-6-4-3-5-7-14/h8-11,13-14H,3-7H2,1-2H3,(H,20,23,25)/t13-/m0/s1. The first-order valence-electron chi connectivity index (χ1n) is 9.36. The van der Waals surface area contributed by atoms with Gasteiger partial charge in [-0.15, -0.1) is 15.3 Å². The SMILES string of the molecule is Cc1ccc(O[C@@H](C)C(=O)Nc2nn3c(C4CCCCC4)nnc3s2)cc1. The minimum atomic E-state index is -0.625. The van der Waals surface area contributed by atoms with E-state index in [2.05, 4.69) is 20.6 Å². The number of fused-ring (bicyclic) bond motifs is 1. The van der Waals surface area contributed by atoms with Crippen molar-refractivity contribution in [2.45, 2.75) is 58.0 Å². The lowest BCUT2D eigenvalue weighted by Gasteiger charge is -2.18. The molecule has 27 heavy (non-hydrogen) atoms. The Bertz CT molecular complexity index is 927. The summed E-state index contributed by atoms with van der Waals surface area (Å²) in [6, 6.07) is 7.63. The average Bonchev–Trinajstić information content (AvgIpc) is 3.24. The number of nitrogens with one attached hydrogen (secondary N) is 1. The fraction of sp³-hybridized carbons (Fsp3) is 0.474. The van der Waals surface area contributed by atoms with Crippen molar-refractivity contribution < 1.29 is 9.53 Å². The van der Waals surface area contributed by atoms with Crippen molar-refractivity contribution in [3.05, 3.63) is 35.7 Å². The Morgan fingerprint density at radius 1 is 1.22 bits per heavy atom. The first kappa shape index (κ1) is 17.9. The Morgan fingerprint density at radius 2 is 1.96 bits per heavy atom. The van der Waals surface area contributed by atoms with Crippen molar-refractivity contribution >= 4 is 27.3 Å². The lowest BCUT2D eigenvalue weighted by molar-refractivity contribution is -0.122. The third-order valence-electron chi connectivity index (χ3n) is 4.92. The van der Waals surface area contributed by atoms with Gasteiger partial charge in [0.1, 0.15) is 5.75 Å². The van der Waals surface area contributed by atoms with Crippen LogP contribution >= 0.6 is 11.3 Å². The van der Waals surface area contributed by atoms with Gasteiger partial charge in [0, 0.05) is 5.92 Å². The van der Waals surface area contributed by atoms with Crippen LogP contribution in [-0.4, -0.2) is 31.8 Å². The number of ether oxygens (including phenoxy) is 1. The normalized spacial score (nSPS) is 16.4. The molecule has 0 spiro atoms. The maximum atomic E-state index is 12.5. The van der Waals surface area contributed by atoms with Crippen LogP contribution < -0.4 is 10.1 Å². The largest absolute Gasteiger partial charge is 0.481 e. The Hall–Kier alpha value is -2.48. The summed E-state index contributed by atoms with van der Waals surface area (Å²) in [7, 11) is 0. The number of hydrogen-bond donors (Lipinski definition) is 1. The molecule has 4 rings (SSSR count). The van der Waals surface area contributed by atoms with Crippen molar-refractivity contribution in [3.8, 4) is 5.75 Å². The highest BCUT2D eigenvalue weighted by molar-refractivity contribution is 7.20. The van der Waals surface area contributed by atoms with Gasteiger partial charge in [-0.2, -0.15) is 4.52 Å². The molecule has 0 saturated heterocycles. The molecule has 8 heteroatoms. The number of anilines is 1. The molecule has 0 unspecified atom stereocenters. The predicted molar refractivity (Wildman–Crippen MR) is 104 cm³/mol. The van der Waals surface area contributed by atoms with Gasteiger partial charge in [0.25, 0.3) is 5.91 Å². The molecular weight excluding hydrogens is 362 g/mol. The van der Waals surface area contributed by atoms with E-state index in [1.54, 1.807) is 11.4 Å². The van der Waals surface area contributed by atoms with Crippen LogP contribution in [0.3, 0.4) is 0 Å². The number of hydrogen-bond acceptors (Lipinski definition) is 6. The molecule has 1 saturated carbocycles. The predicted octanol–water partition coefficient (Wildman–Crippen LogP) is 3.95. The minimum absolute atomic E-state index is 0.236. The van der Waals surface area contributed by atoms with E-state index in [-0.39, 0.29) is 5.91 Å². The highest BCUT2D eigenvalue weighted by Crippen LogP contribution is 2.32. The second kappa shape index (κ2) is 7.64. The molecule has 0 radical (unpaired) electrons. The topological polar surface area (TPSA) is 81.4 Å². The van der Waals surface area contributed by atoms with Crippen molar-refractivity contribution in [1.82, 2.24) is 19.8 Å². The van der Waals surface area contributed by atoms with Gasteiger partial charge < -0.3 is 4.74 Å². The average molecular weight is 385 g/mol. The van der Waals surface area contributed by atoms with E-state index >= 15 is 0 Å². The molecule has 2 aromatic heterocycles. The van der Waals surface area contributed by atoms with Crippen molar-refractivity contribution in [1.29, 1.82) is 0 Å². The van der Waals surface area contributed by atoms with Gasteiger partial charge in [0.05, 0.1) is 0 Å². The second-order valence-corrected chi connectivity index (χ2v) is 8.01. The number of benzene rings is 1. The van der Waals surface area contributed by atoms with Gasteiger partial charge >= 0.3 is 0 Å². The molecule has 7 nitrogen and oxygen atoms in total. The maximum absolute atomic E-state index is 12.5. The number of amides is 1. The Labute approximate surface area is 161 Å². The van der Waals surface area contributed by atoms with Gasteiger partial charge in [-0.05, 0) is 38.8 Å². The van der Waals surface area contributed by atoms with E-state index in [9.17, 15) is 4.79 Å². The molecule has 142 valence electrons. The molecule has 1 aliphatic rings. The van der Waals surface area contributed by atoms with Crippen molar-refractivity contribution in [3.63, 3.8) is 0 Å². The van der Waals surface area contributed by atoms with Gasteiger partial charge in [-0.25, -0.2) is 0 Å². The zero-order chi connectivity index (χ0) is 18.8. The number of aryl methyl sites for hydroxylation is 1. The summed E-state index contributed by atoms with van der Waals surface area (Å²) >= 11 is 1.33. The summed E-state index contributed by atoms with van der Waals surface area (Å²) in [6.07, 6.45) is 5.36. The third-order valence-corrected chi connectivity index (χ3v) is 5.73. The molecule has 1 aliphatic carbocycles. The van der Waals surface area contributed by atoms with Gasteiger partial charge in [-0.1, -0.05) is 48.3 Å². The molecule has 0 bridgehead atoms. The number of aromatic nitrogens is 4. The number of carbonyl (C=O) groups is 1. The van der Waals surface area contributed by atoms with Gasteiger partial charge in [0.15, 0.2) is 11.9 Å². The summed E-state index contributed by atoms with van der Waals surface area (Å²) in [5.41, 5.74) is 1.15. The van der Waals surface area contributed by atoms with Crippen LogP contribution in [0, 0.1) is 6.92 Å². The number of carbonyl (C=O) groups excluding carboxylic acids is 1. The highest BCUT2D eigenvalue weighted by Gasteiger charge is 2.24. The van der Waals surface area contributed by atoms with Crippen LogP contribution in [0.1, 0.15) is 56.3 Å². The second-order valence-electron chi connectivity index (χ2n) is 7.06. The van der Waals surface area contributed by atoms with E-state index in [0.717, 1.165) is 24.2 Å². The zero-order valence-corrected chi connectivity index (χ0v) is 16.3. The zero-order valence-electron chi connectivity index (χ0n) is 15.5. The summed E-state index contributed by atoms with van der Waals surface area (Å²) < 4.78 is 7.49. The van der Waals surface area contributed by atoms with Gasteiger partial charge in [-0.3, -0.25) is 10.1 Å². The molecule has 2 heterocycles. The van der Waals surface area contributed by atoms with E-state index in [4.69, 9.17) is 4.74 Å². The third kappa shape index (κ3) is 3.95. The summed E-state index contributed by atoms with van der Waals surface area (Å²) in [4.78, 5) is 13.2. The van der Waals surface area contributed by atoms with Crippen LogP contribution in [0.15, 0.2) is 24.3 Å². The molecule has 1 N–H and O–H groups in total. The van der Waals surface area contributed by atoms with Crippen LogP contribution in [0.5, 0.6) is 5.75 Å². The highest BCUT2D eigenvalue weighted by atomic mass is 32.1. The maximum Gasteiger partial charge on any atom is 0.266 e. The molecule has 1 aromatic carbocycles. The summed E-state index contributed by atoms with van der Waals surface area (Å²) in [5, 5.41) is 16.4. The molecule has 1 atom stereocenters. The van der Waals surface area contributed by atoms with Crippen LogP contribution in [0.4, 0.5) is 5.13 Å². The Kier molecular flexibility index (Phi) is 5.07. The van der Waals surface area contributed by atoms with E-state index in [1.807, 2.05) is 31.2 Å². The fourth-order valence-corrected chi connectivity index (χ4v) is 4.13. The quantitative estimate of drug-likeness (QED) is 0.719. The molecule has 0 aliphatic heterocycles. The van der Waals surface area contributed by atoms with E-state index < -0.39 is 6.10 Å².